The minimum absolute atomic E-state index is 0.291. The van der Waals surface area contributed by atoms with Crippen molar-refractivity contribution in [2.45, 2.75) is 32.0 Å². The number of alkyl halides is 3. The van der Waals surface area contributed by atoms with E-state index in [-0.39, 0.29) is 6.42 Å². The third-order valence-corrected chi connectivity index (χ3v) is 1.98. The molecule has 0 aliphatic carbocycles. The van der Waals surface area contributed by atoms with Crippen LogP contribution in [0.5, 0.6) is 0 Å². The normalized spacial score (nSPS) is 13.9. The van der Waals surface area contributed by atoms with E-state index < -0.39 is 18.7 Å². The summed E-state index contributed by atoms with van der Waals surface area (Å²) in [5.41, 5.74) is 1.16. The van der Waals surface area contributed by atoms with E-state index in [9.17, 15) is 18.3 Å². The first-order chi connectivity index (χ1) is 6.88. The van der Waals surface area contributed by atoms with Crippen LogP contribution in [0.25, 0.3) is 0 Å². The molecule has 1 aromatic heterocycles. The number of aryl methyl sites for hydroxylation is 1. The molecule has 0 saturated carbocycles. The Balaban J connectivity index is 2.58. The number of aromatic nitrogens is 1. The van der Waals surface area contributed by atoms with Gasteiger partial charge in [-0.1, -0.05) is 0 Å². The van der Waals surface area contributed by atoms with Crippen molar-refractivity contribution in [2.24, 2.45) is 0 Å². The summed E-state index contributed by atoms with van der Waals surface area (Å²) >= 11 is 0. The van der Waals surface area contributed by atoms with Gasteiger partial charge >= 0.3 is 6.18 Å². The molecule has 2 nitrogen and oxygen atoms in total. The lowest BCUT2D eigenvalue weighted by atomic mass is 10.1. The Hall–Kier alpha value is -1.10. The standard InChI is InChI=1S/C10H12F3NO/c1-7-3-5-14-8(6-7)9(15)2-4-10(11,12)13/h3,5-6,9,15H,2,4H2,1H3. The minimum atomic E-state index is -4.23. The number of aliphatic hydroxyl groups excluding tert-OH is 1. The van der Waals surface area contributed by atoms with Gasteiger partial charge in [0.2, 0.25) is 0 Å². The fourth-order valence-corrected chi connectivity index (χ4v) is 1.19. The molecule has 1 heterocycles. The highest BCUT2D eigenvalue weighted by Crippen LogP contribution is 2.26. The minimum Gasteiger partial charge on any atom is -0.387 e. The fourth-order valence-electron chi connectivity index (χ4n) is 1.19. The van der Waals surface area contributed by atoms with Gasteiger partial charge in [0.15, 0.2) is 0 Å². The number of hydrogen-bond donors (Lipinski definition) is 1. The molecule has 1 N–H and O–H groups in total. The first-order valence-corrected chi connectivity index (χ1v) is 4.56. The summed E-state index contributed by atoms with van der Waals surface area (Å²) in [6.07, 6.45) is -5.25. The third kappa shape index (κ3) is 4.29. The largest absolute Gasteiger partial charge is 0.389 e. The van der Waals surface area contributed by atoms with Crippen LogP contribution in [0, 0.1) is 6.92 Å². The van der Waals surface area contributed by atoms with Crippen molar-refractivity contribution in [3.05, 3.63) is 29.6 Å². The maximum Gasteiger partial charge on any atom is 0.389 e. The van der Waals surface area contributed by atoms with E-state index in [4.69, 9.17) is 0 Å². The van der Waals surface area contributed by atoms with Gasteiger partial charge in [0, 0.05) is 12.6 Å². The summed E-state index contributed by atoms with van der Waals surface area (Å²) in [6, 6.07) is 3.31. The lowest BCUT2D eigenvalue weighted by Gasteiger charge is -2.11. The molecule has 84 valence electrons. The van der Waals surface area contributed by atoms with Gasteiger partial charge in [0.1, 0.15) is 0 Å². The second-order valence-electron chi connectivity index (χ2n) is 3.43. The molecule has 0 aliphatic rings. The van der Waals surface area contributed by atoms with Crippen LogP contribution in [-0.4, -0.2) is 16.3 Å². The summed E-state index contributed by atoms with van der Waals surface area (Å²) < 4.78 is 35.6. The van der Waals surface area contributed by atoms with Gasteiger partial charge < -0.3 is 5.11 Å². The van der Waals surface area contributed by atoms with Crippen LogP contribution < -0.4 is 0 Å². The van der Waals surface area contributed by atoms with Crippen LogP contribution in [0.4, 0.5) is 13.2 Å². The highest BCUT2D eigenvalue weighted by Gasteiger charge is 2.28. The second-order valence-corrected chi connectivity index (χ2v) is 3.43. The molecular weight excluding hydrogens is 207 g/mol. The molecule has 0 radical (unpaired) electrons. The van der Waals surface area contributed by atoms with E-state index in [2.05, 4.69) is 4.98 Å². The van der Waals surface area contributed by atoms with Gasteiger partial charge in [0.05, 0.1) is 11.8 Å². The van der Waals surface area contributed by atoms with Crippen LogP contribution in [0.15, 0.2) is 18.3 Å². The number of pyridine rings is 1. The molecular formula is C10H12F3NO. The first kappa shape index (κ1) is 12.0. The molecule has 0 aromatic carbocycles. The van der Waals surface area contributed by atoms with Crippen molar-refractivity contribution in [3.8, 4) is 0 Å². The van der Waals surface area contributed by atoms with E-state index >= 15 is 0 Å². The van der Waals surface area contributed by atoms with Gasteiger partial charge in [-0.05, 0) is 31.0 Å². The molecule has 1 rings (SSSR count). The molecule has 15 heavy (non-hydrogen) atoms. The third-order valence-electron chi connectivity index (χ3n) is 1.98. The molecule has 1 atom stereocenters. The van der Waals surface area contributed by atoms with Gasteiger partial charge in [-0.25, -0.2) is 0 Å². The van der Waals surface area contributed by atoms with Crippen molar-refractivity contribution >= 4 is 0 Å². The predicted octanol–water partition coefficient (Wildman–Crippen LogP) is 2.77. The van der Waals surface area contributed by atoms with Crippen LogP contribution in [0.1, 0.15) is 30.2 Å². The molecule has 0 aliphatic heterocycles. The van der Waals surface area contributed by atoms with E-state index in [0.717, 1.165) is 5.56 Å². The van der Waals surface area contributed by atoms with Crippen molar-refractivity contribution < 1.29 is 18.3 Å². The van der Waals surface area contributed by atoms with Crippen LogP contribution in [-0.2, 0) is 0 Å². The fraction of sp³-hybridized carbons (Fsp3) is 0.500. The van der Waals surface area contributed by atoms with Crippen LogP contribution in [0.3, 0.4) is 0 Å². The van der Waals surface area contributed by atoms with Gasteiger partial charge in [-0.3, -0.25) is 4.98 Å². The molecule has 0 fully saturated rings. The van der Waals surface area contributed by atoms with Gasteiger partial charge in [-0.15, -0.1) is 0 Å². The predicted molar refractivity (Wildman–Crippen MR) is 49.2 cm³/mol. The van der Waals surface area contributed by atoms with Gasteiger partial charge in [-0.2, -0.15) is 13.2 Å². The SMILES string of the molecule is Cc1ccnc(C(O)CCC(F)(F)F)c1. The van der Waals surface area contributed by atoms with Crippen molar-refractivity contribution in [1.82, 2.24) is 4.98 Å². The quantitative estimate of drug-likeness (QED) is 0.847. The summed E-state index contributed by atoms with van der Waals surface area (Å²) in [6.45, 7) is 1.79. The monoisotopic (exact) mass is 219 g/mol. The average molecular weight is 219 g/mol. The van der Waals surface area contributed by atoms with E-state index in [1.165, 1.54) is 6.20 Å². The Morgan fingerprint density at radius 2 is 2.13 bits per heavy atom. The zero-order chi connectivity index (χ0) is 11.5. The smallest absolute Gasteiger partial charge is 0.387 e. The van der Waals surface area contributed by atoms with E-state index in [1.54, 1.807) is 19.1 Å². The van der Waals surface area contributed by atoms with Crippen molar-refractivity contribution in [3.63, 3.8) is 0 Å². The van der Waals surface area contributed by atoms with Crippen molar-refractivity contribution in [2.75, 3.05) is 0 Å². The zero-order valence-electron chi connectivity index (χ0n) is 8.25. The maximum absolute atomic E-state index is 11.9. The molecule has 1 unspecified atom stereocenters. The molecule has 1 aromatic rings. The summed E-state index contributed by atoms with van der Waals surface area (Å²) in [5.74, 6) is 0. The van der Waals surface area contributed by atoms with Crippen LogP contribution >= 0.6 is 0 Å². The second kappa shape index (κ2) is 4.61. The Bertz CT molecular complexity index is 325. The van der Waals surface area contributed by atoms with Gasteiger partial charge in [0.25, 0.3) is 0 Å². The van der Waals surface area contributed by atoms with E-state index in [0.29, 0.717) is 5.69 Å². The molecule has 0 saturated heterocycles. The summed E-state index contributed by atoms with van der Waals surface area (Å²) in [7, 11) is 0. The molecule has 0 bridgehead atoms. The Morgan fingerprint density at radius 3 is 2.67 bits per heavy atom. The average Bonchev–Trinajstić information content (AvgIpc) is 2.13. The Kier molecular flexibility index (Phi) is 3.68. The number of nitrogens with zero attached hydrogens (tertiary/aromatic N) is 1. The lowest BCUT2D eigenvalue weighted by Crippen LogP contribution is -2.10. The molecule has 0 spiro atoms. The Morgan fingerprint density at radius 1 is 1.47 bits per heavy atom. The number of hydrogen-bond acceptors (Lipinski definition) is 2. The highest BCUT2D eigenvalue weighted by atomic mass is 19.4. The number of aliphatic hydroxyl groups is 1. The number of halogens is 3. The zero-order valence-corrected chi connectivity index (χ0v) is 8.25. The number of rotatable bonds is 3. The topological polar surface area (TPSA) is 33.1 Å². The van der Waals surface area contributed by atoms with Crippen LogP contribution in [0.2, 0.25) is 0 Å². The maximum atomic E-state index is 11.9. The Labute approximate surface area is 85.8 Å². The summed E-state index contributed by atoms with van der Waals surface area (Å²) in [5, 5.41) is 9.45. The molecule has 0 amide bonds. The molecule has 5 heteroatoms. The lowest BCUT2D eigenvalue weighted by molar-refractivity contribution is -0.140. The van der Waals surface area contributed by atoms with Crippen molar-refractivity contribution in [1.29, 1.82) is 0 Å². The summed E-state index contributed by atoms with van der Waals surface area (Å²) in [4.78, 5) is 3.82. The highest BCUT2D eigenvalue weighted by molar-refractivity contribution is 5.16. The first-order valence-electron chi connectivity index (χ1n) is 4.56. The van der Waals surface area contributed by atoms with E-state index in [1.807, 2.05) is 0 Å².